The molecular weight excluding hydrogens is 226 g/mol. The van der Waals surface area contributed by atoms with Gasteiger partial charge in [0.1, 0.15) is 0 Å². The van der Waals surface area contributed by atoms with Gasteiger partial charge < -0.3 is 10.2 Å². The average molecular weight is 244 g/mol. The maximum atomic E-state index is 9.50. The van der Waals surface area contributed by atoms with Gasteiger partial charge in [-0.2, -0.15) is 4.57 Å². The lowest BCUT2D eigenvalue weighted by atomic mass is 10.1. The molecule has 0 aliphatic heterocycles. The molecule has 0 aliphatic carbocycles. The number of phenols is 2. The Labute approximate surface area is 107 Å². The van der Waals surface area contributed by atoms with Crippen molar-refractivity contribution in [3.05, 3.63) is 52.8 Å². The Hall–Kier alpha value is -2.03. The van der Waals surface area contributed by atoms with Crippen molar-refractivity contribution in [2.75, 3.05) is 0 Å². The van der Waals surface area contributed by atoms with Gasteiger partial charge in [-0.1, -0.05) is 0 Å². The molecule has 1 aromatic carbocycles. The number of hydrogen-bond acceptors (Lipinski definition) is 2. The third-order valence-corrected chi connectivity index (χ3v) is 3.11. The van der Waals surface area contributed by atoms with Crippen LogP contribution in [0.1, 0.15) is 22.5 Å². The molecule has 1 aromatic heterocycles. The molecule has 1 heterocycles. The van der Waals surface area contributed by atoms with Crippen molar-refractivity contribution in [1.82, 2.24) is 0 Å². The van der Waals surface area contributed by atoms with Crippen LogP contribution in [0.2, 0.25) is 0 Å². The van der Waals surface area contributed by atoms with Gasteiger partial charge in [0, 0.05) is 31.5 Å². The normalized spacial score (nSPS) is 10.6. The Kier molecular flexibility index (Phi) is 3.24. The largest absolute Gasteiger partial charge is 0.504 e. The maximum Gasteiger partial charge on any atom is 0.179 e. The van der Waals surface area contributed by atoms with E-state index in [1.807, 2.05) is 6.07 Å². The Morgan fingerprint density at radius 3 is 2.06 bits per heavy atom. The molecule has 0 spiro atoms. The number of benzene rings is 1. The summed E-state index contributed by atoms with van der Waals surface area (Å²) in [6.45, 7) is 6.91. The molecule has 0 fully saturated rings. The third-order valence-electron chi connectivity index (χ3n) is 3.11. The van der Waals surface area contributed by atoms with Crippen LogP contribution in [0.4, 0.5) is 0 Å². The second-order valence-electron chi connectivity index (χ2n) is 4.72. The predicted octanol–water partition coefficient (Wildman–Crippen LogP) is 2.36. The zero-order valence-electron chi connectivity index (χ0n) is 10.9. The van der Waals surface area contributed by atoms with Crippen LogP contribution in [0.5, 0.6) is 11.5 Å². The summed E-state index contributed by atoms with van der Waals surface area (Å²) in [5.74, 6) is -0.156. The maximum absolute atomic E-state index is 9.50. The summed E-state index contributed by atoms with van der Waals surface area (Å²) in [5.41, 5.74) is 4.57. The van der Waals surface area contributed by atoms with Crippen LogP contribution in [0.25, 0.3) is 0 Å². The van der Waals surface area contributed by atoms with E-state index in [1.54, 1.807) is 6.07 Å². The number of rotatable bonds is 2. The highest BCUT2D eigenvalue weighted by atomic mass is 16.3. The molecule has 0 unspecified atom stereocenters. The van der Waals surface area contributed by atoms with Crippen LogP contribution in [-0.2, 0) is 6.54 Å². The molecule has 0 bridgehead atoms. The highest BCUT2D eigenvalue weighted by Crippen LogP contribution is 2.24. The Balaban J connectivity index is 2.37. The van der Waals surface area contributed by atoms with Gasteiger partial charge >= 0.3 is 0 Å². The van der Waals surface area contributed by atoms with Crippen LogP contribution >= 0.6 is 0 Å². The lowest BCUT2D eigenvalue weighted by Crippen LogP contribution is -2.40. The summed E-state index contributed by atoms with van der Waals surface area (Å²) in [7, 11) is 0. The van der Waals surface area contributed by atoms with Crippen molar-refractivity contribution in [2.45, 2.75) is 27.3 Å². The summed E-state index contributed by atoms with van der Waals surface area (Å²) in [6, 6.07) is 9.20. The molecule has 0 saturated carbocycles. The van der Waals surface area contributed by atoms with Crippen LogP contribution in [0.15, 0.2) is 30.3 Å². The van der Waals surface area contributed by atoms with Crippen LogP contribution in [0, 0.1) is 20.8 Å². The highest BCUT2D eigenvalue weighted by Gasteiger charge is 2.13. The summed E-state index contributed by atoms with van der Waals surface area (Å²) in [6.07, 6.45) is 0. The molecule has 0 radical (unpaired) electrons. The fraction of sp³-hybridized carbons (Fsp3) is 0.267. The van der Waals surface area contributed by atoms with Crippen LogP contribution in [-0.4, -0.2) is 10.2 Å². The van der Waals surface area contributed by atoms with E-state index >= 15 is 0 Å². The SMILES string of the molecule is Cc1cc(C)[n+](Cc2ccc(O)c(O)c2)c(C)c1. The first-order valence-electron chi connectivity index (χ1n) is 5.96. The van der Waals surface area contributed by atoms with Crippen molar-refractivity contribution >= 4 is 0 Å². The van der Waals surface area contributed by atoms with E-state index in [4.69, 9.17) is 0 Å². The van der Waals surface area contributed by atoms with Gasteiger partial charge in [0.2, 0.25) is 0 Å². The average Bonchev–Trinajstić information content (AvgIpc) is 2.28. The van der Waals surface area contributed by atoms with E-state index in [9.17, 15) is 10.2 Å². The fourth-order valence-electron chi connectivity index (χ4n) is 2.23. The Morgan fingerprint density at radius 2 is 1.50 bits per heavy atom. The first kappa shape index (κ1) is 12.4. The number of pyridine rings is 1. The van der Waals surface area contributed by atoms with Gasteiger partial charge in [0.25, 0.3) is 0 Å². The van der Waals surface area contributed by atoms with E-state index in [0.29, 0.717) is 6.54 Å². The van der Waals surface area contributed by atoms with Crippen LogP contribution in [0.3, 0.4) is 0 Å². The smallest absolute Gasteiger partial charge is 0.179 e. The molecule has 3 nitrogen and oxygen atoms in total. The summed E-state index contributed by atoms with van der Waals surface area (Å²) in [4.78, 5) is 0. The van der Waals surface area contributed by atoms with Gasteiger partial charge in [-0.3, -0.25) is 0 Å². The number of aromatic hydroxyl groups is 2. The second kappa shape index (κ2) is 4.69. The number of nitrogens with zero attached hydrogens (tertiary/aromatic N) is 1. The van der Waals surface area contributed by atoms with E-state index in [0.717, 1.165) is 5.56 Å². The third kappa shape index (κ3) is 2.45. The van der Waals surface area contributed by atoms with Crippen molar-refractivity contribution in [1.29, 1.82) is 0 Å². The summed E-state index contributed by atoms with van der Waals surface area (Å²) in [5, 5.41) is 18.8. The number of hydrogen-bond donors (Lipinski definition) is 2. The molecule has 2 N–H and O–H groups in total. The molecule has 0 atom stereocenters. The lowest BCUT2D eigenvalue weighted by Gasteiger charge is -2.06. The van der Waals surface area contributed by atoms with E-state index in [1.165, 1.54) is 23.0 Å². The summed E-state index contributed by atoms with van der Waals surface area (Å²) >= 11 is 0. The molecule has 3 heteroatoms. The molecular formula is C15H18NO2+. The highest BCUT2D eigenvalue weighted by molar-refractivity contribution is 5.40. The molecule has 2 rings (SSSR count). The number of aryl methyl sites for hydroxylation is 3. The number of phenolic OH excluding ortho intramolecular Hbond substituents is 2. The van der Waals surface area contributed by atoms with Crippen molar-refractivity contribution in [3.8, 4) is 11.5 Å². The zero-order valence-corrected chi connectivity index (χ0v) is 10.9. The minimum atomic E-state index is -0.0823. The molecule has 94 valence electrons. The first-order chi connectivity index (χ1) is 8.47. The minimum Gasteiger partial charge on any atom is -0.504 e. The molecule has 0 aliphatic rings. The van der Waals surface area contributed by atoms with E-state index < -0.39 is 0 Å². The van der Waals surface area contributed by atoms with Crippen molar-refractivity contribution in [3.63, 3.8) is 0 Å². The molecule has 2 aromatic rings. The molecule has 18 heavy (non-hydrogen) atoms. The van der Waals surface area contributed by atoms with Crippen molar-refractivity contribution in [2.24, 2.45) is 0 Å². The van der Waals surface area contributed by atoms with E-state index in [2.05, 4.69) is 37.5 Å². The molecule has 0 amide bonds. The van der Waals surface area contributed by atoms with Gasteiger partial charge in [-0.15, -0.1) is 0 Å². The molecule has 0 saturated heterocycles. The Morgan fingerprint density at radius 1 is 0.889 bits per heavy atom. The lowest BCUT2D eigenvalue weighted by molar-refractivity contribution is -0.700. The van der Waals surface area contributed by atoms with Gasteiger partial charge in [-0.05, 0) is 30.7 Å². The standard InChI is InChI=1S/C15H17NO2/c1-10-6-11(2)16(12(3)7-10)9-13-4-5-14(17)15(18)8-13/h4-8H,9H2,1-3H3,(H-,17,18)/p+1. The number of aromatic nitrogens is 1. The monoisotopic (exact) mass is 244 g/mol. The van der Waals surface area contributed by atoms with E-state index in [-0.39, 0.29) is 11.5 Å². The topological polar surface area (TPSA) is 44.3 Å². The summed E-state index contributed by atoms with van der Waals surface area (Å²) < 4.78 is 2.18. The first-order valence-corrected chi connectivity index (χ1v) is 5.96. The predicted molar refractivity (Wildman–Crippen MR) is 69.7 cm³/mol. The quantitative estimate of drug-likeness (QED) is 0.629. The minimum absolute atomic E-state index is 0.0736. The van der Waals surface area contributed by atoms with Crippen molar-refractivity contribution < 1.29 is 14.8 Å². The fourth-order valence-corrected chi connectivity index (χ4v) is 2.23. The zero-order chi connectivity index (χ0) is 13.3. The van der Waals surface area contributed by atoms with Gasteiger partial charge in [-0.25, -0.2) is 0 Å². The van der Waals surface area contributed by atoms with Crippen LogP contribution < -0.4 is 4.57 Å². The van der Waals surface area contributed by atoms with Gasteiger partial charge in [0.15, 0.2) is 29.4 Å². The Bertz CT molecular complexity index is 568. The van der Waals surface area contributed by atoms with Gasteiger partial charge in [0.05, 0.1) is 0 Å². The second-order valence-corrected chi connectivity index (χ2v) is 4.72.